The van der Waals surface area contributed by atoms with Crippen molar-refractivity contribution in [1.82, 2.24) is 4.31 Å². The Hall–Kier alpha value is 0.350. The summed E-state index contributed by atoms with van der Waals surface area (Å²) in [5.74, 6) is 0. The van der Waals surface area contributed by atoms with Crippen molar-refractivity contribution in [1.29, 1.82) is 0 Å². The van der Waals surface area contributed by atoms with Crippen LogP contribution in [0.3, 0.4) is 0 Å². The van der Waals surface area contributed by atoms with Crippen LogP contribution >= 0.6 is 15.9 Å². The zero-order valence-electron chi connectivity index (χ0n) is 7.20. The number of nitrogens with zero attached hydrogens (tertiary/aromatic N) is 1. The lowest BCUT2D eigenvalue weighted by Gasteiger charge is -2.23. The minimum absolute atomic E-state index is 0.0990. The molecule has 6 heteroatoms. The normalized spacial score (nSPS) is 12.8. The minimum atomic E-state index is -3.23. The SMILES string of the molecule is CC(C)N(CCO)S(=O)(=O)CBr. The van der Waals surface area contributed by atoms with Gasteiger partial charge >= 0.3 is 0 Å². The number of aliphatic hydroxyl groups excluding tert-OH is 1. The predicted molar refractivity (Wildman–Crippen MR) is 51.6 cm³/mol. The molecule has 0 aliphatic heterocycles. The first-order chi connectivity index (χ1) is 5.45. The summed E-state index contributed by atoms with van der Waals surface area (Å²) < 4.78 is 23.8. The van der Waals surface area contributed by atoms with E-state index in [1.165, 1.54) is 4.31 Å². The van der Waals surface area contributed by atoms with Crippen molar-refractivity contribution in [3.05, 3.63) is 0 Å². The smallest absolute Gasteiger partial charge is 0.224 e. The van der Waals surface area contributed by atoms with Gasteiger partial charge in [0, 0.05) is 12.6 Å². The van der Waals surface area contributed by atoms with Crippen LogP contribution < -0.4 is 0 Å². The second kappa shape index (κ2) is 5.16. The molecule has 0 rings (SSSR count). The molecule has 0 amide bonds. The Morgan fingerprint density at radius 1 is 1.50 bits per heavy atom. The highest BCUT2D eigenvalue weighted by atomic mass is 79.9. The van der Waals surface area contributed by atoms with Gasteiger partial charge in [-0.25, -0.2) is 8.42 Å². The quantitative estimate of drug-likeness (QED) is 0.727. The van der Waals surface area contributed by atoms with Gasteiger partial charge in [-0.3, -0.25) is 0 Å². The fourth-order valence-corrected chi connectivity index (χ4v) is 2.80. The van der Waals surface area contributed by atoms with Crippen molar-refractivity contribution < 1.29 is 13.5 Å². The minimum Gasteiger partial charge on any atom is -0.395 e. The van der Waals surface area contributed by atoms with E-state index in [9.17, 15) is 8.42 Å². The molecule has 12 heavy (non-hydrogen) atoms. The fourth-order valence-electron chi connectivity index (χ4n) is 0.880. The largest absolute Gasteiger partial charge is 0.395 e. The molecular formula is C6H14BrNO3S. The summed E-state index contributed by atoms with van der Waals surface area (Å²) in [5, 5.41) is 8.62. The van der Waals surface area contributed by atoms with Crippen LogP contribution in [0.2, 0.25) is 0 Å². The van der Waals surface area contributed by atoms with Crippen LogP contribution in [0.4, 0.5) is 0 Å². The second-order valence-corrected chi connectivity index (χ2v) is 5.87. The van der Waals surface area contributed by atoms with Crippen LogP contribution in [0.5, 0.6) is 0 Å². The van der Waals surface area contributed by atoms with E-state index < -0.39 is 10.0 Å². The van der Waals surface area contributed by atoms with Crippen molar-refractivity contribution in [2.45, 2.75) is 19.9 Å². The van der Waals surface area contributed by atoms with Gasteiger partial charge in [0.1, 0.15) is 4.66 Å². The van der Waals surface area contributed by atoms with Gasteiger partial charge in [0.25, 0.3) is 0 Å². The van der Waals surface area contributed by atoms with Crippen molar-refractivity contribution in [3.63, 3.8) is 0 Å². The summed E-state index contributed by atoms with van der Waals surface area (Å²) in [6, 6.07) is -0.111. The summed E-state index contributed by atoms with van der Waals surface area (Å²) in [6.07, 6.45) is 0. The van der Waals surface area contributed by atoms with Gasteiger partial charge in [-0.05, 0) is 13.8 Å². The number of hydrogen-bond donors (Lipinski definition) is 1. The fraction of sp³-hybridized carbons (Fsp3) is 1.00. The standard InChI is InChI=1S/C6H14BrNO3S/c1-6(2)8(3-4-9)12(10,11)5-7/h6,9H,3-5H2,1-2H3. The molecular weight excluding hydrogens is 246 g/mol. The van der Waals surface area contributed by atoms with Crippen molar-refractivity contribution in [3.8, 4) is 0 Å². The molecule has 0 heterocycles. The van der Waals surface area contributed by atoms with Crippen LogP contribution in [0.25, 0.3) is 0 Å². The van der Waals surface area contributed by atoms with E-state index in [-0.39, 0.29) is 23.9 Å². The lowest BCUT2D eigenvalue weighted by molar-refractivity contribution is 0.237. The first kappa shape index (κ1) is 12.3. The maximum absolute atomic E-state index is 11.3. The van der Waals surface area contributed by atoms with Gasteiger partial charge < -0.3 is 5.11 Å². The Kier molecular flexibility index (Phi) is 5.31. The Morgan fingerprint density at radius 2 is 2.00 bits per heavy atom. The van der Waals surface area contributed by atoms with E-state index >= 15 is 0 Å². The number of halogens is 1. The number of hydrogen-bond acceptors (Lipinski definition) is 3. The molecule has 0 saturated heterocycles. The average Bonchev–Trinajstić information content (AvgIpc) is 1.99. The van der Waals surface area contributed by atoms with E-state index in [1.54, 1.807) is 13.8 Å². The van der Waals surface area contributed by atoms with Crippen LogP contribution in [0.15, 0.2) is 0 Å². The van der Waals surface area contributed by atoms with Crippen LogP contribution in [-0.2, 0) is 10.0 Å². The van der Waals surface area contributed by atoms with E-state index in [0.29, 0.717) is 0 Å². The van der Waals surface area contributed by atoms with Crippen molar-refractivity contribution >= 4 is 26.0 Å². The number of aliphatic hydroxyl groups is 1. The van der Waals surface area contributed by atoms with E-state index in [1.807, 2.05) is 0 Å². The molecule has 0 spiro atoms. The molecule has 0 aliphatic rings. The number of alkyl halides is 1. The Labute approximate surface area is 81.7 Å². The molecule has 74 valence electrons. The third-order valence-electron chi connectivity index (χ3n) is 1.39. The topological polar surface area (TPSA) is 57.6 Å². The van der Waals surface area contributed by atoms with Crippen LogP contribution in [0.1, 0.15) is 13.8 Å². The number of sulfonamides is 1. The van der Waals surface area contributed by atoms with Gasteiger partial charge in [-0.15, -0.1) is 0 Å². The maximum Gasteiger partial charge on any atom is 0.224 e. The molecule has 0 aromatic rings. The van der Waals surface area contributed by atoms with Crippen molar-refractivity contribution in [2.75, 3.05) is 17.8 Å². The first-order valence-corrected chi connectivity index (χ1v) is 6.35. The lowest BCUT2D eigenvalue weighted by Crippen LogP contribution is -2.39. The highest BCUT2D eigenvalue weighted by Gasteiger charge is 2.22. The monoisotopic (exact) mass is 259 g/mol. The van der Waals surface area contributed by atoms with Gasteiger partial charge in [0.05, 0.1) is 6.61 Å². The summed E-state index contributed by atoms with van der Waals surface area (Å²) in [6.45, 7) is 3.56. The van der Waals surface area contributed by atoms with Gasteiger partial charge in [-0.2, -0.15) is 4.31 Å². The molecule has 0 saturated carbocycles. The third kappa shape index (κ3) is 3.38. The number of rotatable bonds is 5. The second-order valence-electron chi connectivity index (χ2n) is 2.65. The molecule has 4 nitrogen and oxygen atoms in total. The third-order valence-corrected chi connectivity index (χ3v) is 4.72. The van der Waals surface area contributed by atoms with Gasteiger partial charge in [-0.1, -0.05) is 15.9 Å². The summed E-state index contributed by atoms with van der Waals surface area (Å²) in [5.41, 5.74) is 0. The van der Waals surface area contributed by atoms with E-state index in [4.69, 9.17) is 5.11 Å². The van der Waals surface area contributed by atoms with Crippen LogP contribution in [-0.4, -0.2) is 41.7 Å². The van der Waals surface area contributed by atoms with Crippen molar-refractivity contribution in [2.24, 2.45) is 0 Å². The molecule has 0 atom stereocenters. The molecule has 0 aromatic heterocycles. The molecule has 0 bridgehead atoms. The predicted octanol–water partition coefficient (Wildman–Crippen LogP) is 0.371. The van der Waals surface area contributed by atoms with Gasteiger partial charge in [0.2, 0.25) is 10.0 Å². The highest BCUT2D eigenvalue weighted by Crippen LogP contribution is 2.08. The zero-order valence-corrected chi connectivity index (χ0v) is 9.60. The Balaban J connectivity index is 4.51. The summed E-state index contributed by atoms with van der Waals surface area (Å²) >= 11 is 2.90. The molecule has 0 aromatic carbocycles. The summed E-state index contributed by atoms with van der Waals surface area (Å²) in [4.78, 5) is 0. The molecule has 1 N–H and O–H groups in total. The Bertz CT molecular complexity index is 215. The molecule has 0 fully saturated rings. The first-order valence-electron chi connectivity index (χ1n) is 3.62. The molecule has 0 aliphatic carbocycles. The zero-order chi connectivity index (χ0) is 9.78. The molecule has 0 unspecified atom stereocenters. The van der Waals surface area contributed by atoms with Gasteiger partial charge in [0.15, 0.2) is 0 Å². The lowest BCUT2D eigenvalue weighted by atomic mass is 10.4. The van der Waals surface area contributed by atoms with Crippen LogP contribution in [0, 0.1) is 0 Å². The van der Waals surface area contributed by atoms with E-state index in [0.717, 1.165) is 0 Å². The Morgan fingerprint density at radius 3 is 2.25 bits per heavy atom. The molecule has 0 radical (unpaired) electrons. The summed E-state index contributed by atoms with van der Waals surface area (Å²) in [7, 11) is -3.23. The highest BCUT2D eigenvalue weighted by molar-refractivity contribution is 9.10. The van der Waals surface area contributed by atoms with E-state index in [2.05, 4.69) is 15.9 Å². The maximum atomic E-state index is 11.3. The average molecular weight is 260 g/mol.